The van der Waals surface area contributed by atoms with Crippen molar-refractivity contribution in [3.05, 3.63) is 70.8 Å². The fraction of sp³-hybridized carbons (Fsp3) is 0.111. The molecule has 9 heteroatoms. The minimum atomic E-state index is -1.27. The van der Waals surface area contributed by atoms with Gasteiger partial charge in [-0.25, -0.2) is 19.2 Å². The zero-order valence-corrected chi connectivity index (χ0v) is 13.4. The van der Waals surface area contributed by atoms with Gasteiger partial charge in [0, 0.05) is 0 Å². The molecule has 0 aliphatic rings. The van der Waals surface area contributed by atoms with E-state index in [9.17, 15) is 19.2 Å². The van der Waals surface area contributed by atoms with Crippen molar-refractivity contribution in [3.8, 4) is 0 Å². The number of aromatic carboxylic acids is 2. The number of rotatable bonds is 7. The summed E-state index contributed by atoms with van der Waals surface area (Å²) in [6.45, 7) is -0.623. The number of ether oxygens (including phenoxy) is 2. The normalized spacial score (nSPS) is 9.63. The van der Waals surface area contributed by atoms with E-state index in [-0.39, 0.29) is 65.0 Å². The molecule has 136 valence electrons. The van der Waals surface area contributed by atoms with Crippen molar-refractivity contribution in [1.82, 2.24) is 0 Å². The standard InChI is InChI=1S/C18H14O8.Na.H/c19-15(20)11-5-1-3-7-13(11)17(23)25-9-10-26-18(24)14-8-4-2-6-12(14)16(21)22;;/h1-8H,9-10H2,(H,19,20)(H,21,22);;. The monoisotopic (exact) mass is 382 g/mol. The van der Waals surface area contributed by atoms with Gasteiger partial charge in [0.2, 0.25) is 0 Å². The molecule has 0 aliphatic carbocycles. The first kappa shape index (κ1) is 22.4. The zero-order chi connectivity index (χ0) is 19.1. The second-order valence-electron chi connectivity index (χ2n) is 4.97. The summed E-state index contributed by atoms with van der Waals surface area (Å²) in [6.07, 6.45) is 0. The molecule has 27 heavy (non-hydrogen) atoms. The zero-order valence-electron chi connectivity index (χ0n) is 13.4. The molecule has 2 rings (SSSR count). The second kappa shape index (κ2) is 10.5. The van der Waals surface area contributed by atoms with Crippen molar-refractivity contribution in [2.24, 2.45) is 0 Å². The Morgan fingerprint density at radius 3 is 1.22 bits per heavy atom. The van der Waals surface area contributed by atoms with Crippen molar-refractivity contribution in [1.29, 1.82) is 0 Å². The first-order chi connectivity index (χ1) is 12.4. The van der Waals surface area contributed by atoms with E-state index >= 15 is 0 Å². The average Bonchev–Trinajstić information content (AvgIpc) is 2.64. The summed E-state index contributed by atoms with van der Waals surface area (Å²) in [6, 6.07) is 11.1. The first-order valence-corrected chi connectivity index (χ1v) is 7.40. The van der Waals surface area contributed by atoms with E-state index in [1.54, 1.807) is 0 Å². The van der Waals surface area contributed by atoms with Crippen molar-refractivity contribution in [2.75, 3.05) is 13.2 Å². The van der Waals surface area contributed by atoms with Crippen molar-refractivity contribution >= 4 is 53.4 Å². The van der Waals surface area contributed by atoms with E-state index < -0.39 is 23.9 Å². The molecule has 0 spiro atoms. The van der Waals surface area contributed by atoms with Crippen molar-refractivity contribution < 1.29 is 38.9 Å². The molecule has 0 heterocycles. The summed E-state index contributed by atoms with van der Waals surface area (Å²) in [5, 5.41) is 18.1. The molecule has 0 saturated carbocycles. The van der Waals surface area contributed by atoms with Crippen molar-refractivity contribution in [3.63, 3.8) is 0 Å². The van der Waals surface area contributed by atoms with Crippen molar-refractivity contribution in [2.45, 2.75) is 0 Å². The summed E-state index contributed by atoms with van der Waals surface area (Å²) in [5.41, 5.74) is -0.653. The average molecular weight is 382 g/mol. The van der Waals surface area contributed by atoms with Crippen LogP contribution in [0.2, 0.25) is 0 Å². The fourth-order valence-electron chi connectivity index (χ4n) is 2.12. The Balaban J connectivity index is 0.00000364. The molecule has 0 aromatic heterocycles. The summed E-state index contributed by atoms with van der Waals surface area (Å²) >= 11 is 0. The van der Waals surface area contributed by atoms with Crippen LogP contribution in [0.1, 0.15) is 41.4 Å². The minimum absolute atomic E-state index is 0. The third kappa shape index (κ3) is 5.92. The van der Waals surface area contributed by atoms with Gasteiger partial charge >= 0.3 is 53.4 Å². The van der Waals surface area contributed by atoms with Gasteiger partial charge in [-0.15, -0.1) is 0 Å². The van der Waals surface area contributed by atoms with E-state index in [4.69, 9.17) is 19.7 Å². The SMILES string of the molecule is O=C(O)c1ccccc1C(=O)OCCOC(=O)c1ccccc1C(=O)O.[NaH]. The Labute approximate surface area is 176 Å². The van der Waals surface area contributed by atoms with Crippen LogP contribution in [0.4, 0.5) is 0 Å². The third-order valence-electron chi connectivity index (χ3n) is 3.30. The molecule has 2 aromatic carbocycles. The van der Waals surface area contributed by atoms with E-state index in [2.05, 4.69) is 0 Å². The molecule has 2 N–H and O–H groups in total. The molecule has 0 bridgehead atoms. The molecule has 0 aliphatic heterocycles. The fourth-order valence-corrected chi connectivity index (χ4v) is 2.12. The number of hydrogen-bond donors (Lipinski definition) is 2. The molecular weight excluding hydrogens is 367 g/mol. The summed E-state index contributed by atoms with van der Waals surface area (Å²) in [4.78, 5) is 46.0. The van der Waals surface area contributed by atoms with Crippen LogP contribution in [0.5, 0.6) is 0 Å². The Morgan fingerprint density at radius 2 is 0.926 bits per heavy atom. The molecule has 0 atom stereocenters. The topological polar surface area (TPSA) is 127 Å². The Morgan fingerprint density at radius 1 is 0.630 bits per heavy atom. The molecular formula is C18H15NaO8. The summed E-state index contributed by atoms with van der Waals surface area (Å²) < 4.78 is 9.77. The molecule has 0 amide bonds. The molecule has 0 fully saturated rings. The van der Waals surface area contributed by atoms with Gasteiger partial charge in [-0.2, -0.15) is 0 Å². The van der Waals surface area contributed by atoms with Gasteiger partial charge in [0.25, 0.3) is 0 Å². The van der Waals surface area contributed by atoms with E-state index in [1.165, 1.54) is 48.5 Å². The van der Waals surface area contributed by atoms with Gasteiger partial charge in [-0.05, 0) is 24.3 Å². The van der Waals surface area contributed by atoms with E-state index in [0.717, 1.165) is 0 Å². The number of hydrogen-bond acceptors (Lipinski definition) is 6. The van der Waals surface area contributed by atoms with Crippen LogP contribution in [0.15, 0.2) is 48.5 Å². The number of benzene rings is 2. The van der Waals surface area contributed by atoms with E-state index in [0.29, 0.717) is 0 Å². The summed E-state index contributed by atoms with van der Waals surface area (Å²) in [7, 11) is 0. The van der Waals surface area contributed by atoms with E-state index in [1.807, 2.05) is 0 Å². The molecule has 0 saturated heterocycles. The van der Waals surface area contributed by atoms with Crippen LogP contribution in [0, 0.1) is 0 Å². The predicted molar refractivity (Wildman–Crippen MR) is 94.5 cm³/mol. The Kier molecular flexibility index (Phi) is 8.67. The number of carboxylic acid groups (broad SMARTS) is 2. The first-order valence-electron chi connectivity index (χ1n) is 7.40. The number of carbonyl (C=O) groups excluding carboxylic acids is 2. The number of esters is 2. The summed E-state index contributed by atoms with van der Waals surface area (Å²) in [5.74, 6) is -4.28. The maximum atomic E-state index is 11.9. The van der Waals surface area contributed by atoms with Crippen LogP contribution >= 0.6 is 0 Å². The number of carbonyl (C=O) groups is 4. The Hall–Kier alpha value is -2.68. The van der Waals surface area contributed by atoms with Crippen LogP contribution in [0.25, 0.3) is 0 Å². The van der Waals surface area contributed by atoms with Gasteiger partial charge < -0.3 is 19.7 Å². The van der Waals surface area contributed by atoms with Gasteiger partial charge in [0.15, 0.2) is 0 Å². The predicted octanol–water partition coefficient (Wildman–Crippen LogP) is 1.45. The molecule has 0 radical (unpaired) electrons. The van der Waals surface area contributed by atoms with Gasteiger partial charge in [-0.3, -0.25) is 0 Å². The van der Waals surface area contributed by atoms with Crippen LogP contribution in [-0.2, 0) is 9.47 Å². The maximum absolute atomic E-state index is 11.9. The van der Waals surface area contributed by atoms with Gasteiger partial charge in [0.05, 0.1) is 22.3 Å². The Bertz CT molecular complexity index is 790. The number of carboxylic acids is 2. The molecule has 2 aromatic rings. The van der Waals surface area contributed by atoms with Gasteiger partial charge in [0.1, 0.15) is 13.2 Å². The third-order valence-corrected chi connectivity index (χ3v) is 3.30. The van der Waals surface area contributed by atoms with Crippen LogP contribution in [0.3, 0.4) is 0 Å². The second-order valence-corrected chi connectivity index (χ2v) is 4.97. The molecule has 0 unspecified atom stereocenters. The van der Waals surface area contributed by atoms with Crippen LogP contribution in [-0.4, -0.2) is 76.9 Å². The van der Waals surface area contributed by atoms with Crippen LogP contribution < -0.4 is 0 Å². The van der Waals surface area contributed by atoms with Gasteiger partial charge in [-0.1, -0.05) is 24.3 Å². The molecule has 8 nitrogen and oxygen atoms in total. The quantitative estimate of drug-likeness (QED) is 0.418.